The fraction of sp³-hybridized carbons (Fsp3) is 0.286. The summed E-state index contributed by atoms with van der Waals surface area (Å²) in [7, 11) is -4.01. The van der Waals surface area contributed by atoms with Crippen LogP contribution in [0.2, 0.25) is 0 Å². The third-order valence-corrected chi connectivity index (χ3v) is 6.23. The van der Waals surface area contributed by atoms with E-state index in [1.165, 1.54) is 12.1 Å². The summed E-state index contributed by atoms with van der Waals surface area (Å²) in [6, 6.07) is 15.4. The lowest BCUT2D eigenvalue weighted by atomic mass is 10.2. The minimum atomic E-state index is -4.01. The molecule has 0 spiro atoms. The van der Waals surface area contributed by atoms with Crippen LogP contribution in [0.4, 0.5) is 4.79 Å². The molecule has 1 aliphatic heterocycles. The number of hydrogen-bond acceptors (Lipinski definition) is 5. The Bertz CT molecular complexity index is 939. The number of ether oxygens (including phenoxy) is 2. The Balaban J connectivity index is 1.69. The van der Waals surface area contributed by atoms with Crippen molar-refractivity contribution in [2.24, 2.45) is 0 Å². The van der Waals surface area contributed by atoms with Crippen LogP contribution in [0.25, 0.3) is 0 Å². The zero-order valence-electron chi connectivity index (χ0n) is 15.8. The van der Waals surface area contributed by atoms with Crippen LogP contribution in [0.3, 0.4) is 0 Å². The number of aryl methyl sites for hydroxylation is 1. The van der Waals surface area contributed by atoms with Crippen LogP contribution in [0.15, 0.2) is 71.6 Å². The van der Waals surface area contributed by atoms with Gasteiger partial charge in [-0.15, -0.1) is 0 Å². The summed E-state index contributed by atoms with van der Waals surface area (Å²) < 4.78 is 37.4. The third-order valence-electron chi connectivity index (χ3n) is 4.46. The summed E-state index contributed by atoms with van der Waals surface area (Å²) >= 11 is 0. The number of cyclic esters (lactones) is 1. The number of nitrogens with zero attached hydrogens (tertiary/aromatic N) is 1. The second-order valence-corrected chi connectivity index (χ2v) is 8.44. The van der Waals surface area contributed by atoms with E-state index in [-0.39, 0.29) is 4.90 Å². The summed E-state index contributed by atoms with van der Waals surface area (Å²) in [5, 5.41) is 0. The Labute approximate surface area is 165 Å². The molecule has 148 valence electrons. The standard InChI is InChI=1S/C21H23NO5S/c1-16-10-12-19(13-11-16)28(24,25)22-20(17(2)27-21(22)23)9-6-14-26-15-18-7-4-3-5-8-18/h3-13,17,20H,14-15H2,1-2H3/b9-6+/t17-,20-/m0/s1. The zero-order chi connectivity index (χ0) is 20.1. The molecule has 0 saturated carbocycles. The van der Waals surface area contributed by atoms with E-state index < -0.39 is 28.3 Å². The molecular formula is C21H23NO5S. The smallest absolute Gasteiger partial charge is 0.424 e. The summed E-state index contributed by atoms with van der Waals surface area (Å²) in [5.74, 6) is 0. The molecule has 7 heteroatoms. The van der Waals surface area contributed by atoms with E-state index in [0.29, 0.717) is 13.2 Å². The molecule has 28 heavy (non-hydrogen) atoms. The van der Waals surface area contributed by atoms with Gasteiger partial charge in [-0.1, -0.05) is 60.2 Å². The van der Waals surface area contributed by atoms with Gasteiger partial charge in [0.2, 0.25) is 0 Å². The lowest BCUT2D eigenvalue weighted by Gasteiger charge is -2.20. The van der Waals surface area contributed by atoms with Gasteiger partial charge in [0.25, 0.3) is 10.0 Å². The van der Waals surface area contributed by atoms with E-state index >= 15 is 0 Å². The van der Waals surface area contributed by atoms with Crippen molar-refractivity contribution in [3.8, 4) is 0 Å². The van der Waals surface area contributed by atoms with E-state index in [0.717, 1.165) is 15.4 Å². The highest BCUT2D eigenvalue weighted by molar-refractivity contribution is 7.89. The second kappa shape index (κ2) is 8.58. The maximum Gasteiger partial charge on any atom is 0.424 e. The molecule has 6 nitrogen and oxygen atoms in total. The normalized spacial score (nSPS) is 19.9. The molecule has 0 bridgehead atoms. The van der Waals surface area contributed by atoms with Crippen molar-refractivity contribution in [2.45, 2.75) is 37.5 Å². The molecule has 1 fully saturated rings. The Morgan fingerprint density at radius 2 is 1.79 bits per heavy atom. The molecule has 1 amide bonds. The molecule has 1 heterocycles. The number of rotatable bonds is 7. The topological polar surface area (TPSA) is 72.9 Å². The minimum Gasteiger partial charge on any atom is -0.443 e. The quantitative estimate of drug-likeness (QED) is 0.523. The van der Waals surface area contributed by atoms with Gasteiger partial charge in [-0.3, -0.25) is 0 Å². The molecule has 2 aromatic rings. The summed E-state index contributed by atoms with van der Waals surface area (Å²) in [6.45, 7) is 4.28. The van der Waals surface area contributed by atoms with Gasteiger partial charge in [0.1, 0.15) is 12.1 Å². The van der Waals surface area contributed by atoms with Crippen LogP contribution < -0.4 is 0 Å². The largest absolute Gasteiger partial charge is 0.443 e. The molecule has 0 unspecified atom stereocenters. The summed E-state index contributed by atoms with van der Waals surface area (Å²) in [5.41, 5.74) is 1.98. The maximum absolute atomic E-state index is 12.9. The first-order chi connectivity index (χ1) is 13.4. The number of hydrogen-bond donors (Lipinski definition) is 0. The van der Waals surface area contributed by atoms with Crippen LogP contribution in [0, 0.1) is 6.92 Å². The van der Waals surface area contributed by atoms with Crippen LogP contribution in [-0.2, 0) is 26.1 Å². The van der Waals surface area contributed by atoms with Gasteiger partial charge in [0, 0.05) is 0 Å². The first-order valence-corrected chi connectivity index (χ1v) is 10.4. The molecule has 0 radical (unpaired) electrons. The minimum absolute atomic E-state index is 0.0582. The molecule has 0 aliphatic carbocycles. The summed E-state index contributed by atoms with van der Waals surface area (Å²) in [4.78, 5) is 12.3. The third kappa shape index (κ3) is 4.43. The predicted octanol–water partition coefficient (Wildman–Crippen LogP) is 3.67. The lowest BCUT2D eigenvalue weighted by molar-refractivity contribution is 0.141. The molecular weight excluding hydrogens is 378 g/mol. The maximum atomic E-state index is 12.9. The molecule has 1 saturated heterocycles. The Morgan fingerprint density at radius 3 is 2.46 bits per heavy atom. The number of sulfonamides is 1. The van der Waals surface area contributed by atoms with Crippen LogP contribution in [0.1, 0.15) is 18.1 Å². The lowest BCUT2D eigenvalue weighted by Crippen LogP contribution is -2.39. The van der Waals surface area contributed by atoms with Crippen molar-refractivity contribution in [2.75, 3.05) is 6.61 Å². The van der Waals surface area contributed by atoms with Crippen molar-refractivity contribution < 1.29 is 22.7 Å². The first kappa shape index (κ1) is 20.1. The SMILES string of the molecule is Cc1ccc(S(=O)(=O)N2C(=O)O[C@@H](C)[C@@H]2/C=C/COCc2ccccc2)cc1. The number of carbonyl (C=O) groups is 1. The van der Waals surface area contributed by atoms with Crippen molar-refractivity contribution >= 4 is 16.1 Å². The van der Waals surface area contributed by atoms with E-state index in [9.17, 15) is 13.2 Å². The van der Waals surface area contributed by atoms with E-state index in [1.807, 2.05) is 37.3 Å². The highest BCUT2D eigenvalue weighted by atomic mass is 32.2. The van der Waals surface area contributed by atoms with Gasteiger partial charge in [-0.05, 0) is 31.5 Å². The van der Waals surface area contributed by atoms with Crippen LogP contribution >= 0.6 is 0 Å². The van der Waals surface area contributed by atoms with E-state index in [4.69, 9.17) is 9.47 Å². The van der Waals surface area contributed by atoms with Gasteiger partial charge in [0.15, 0.2) is 0 Å². The fourth-order valence-corrected chi connectivity index (χ4v) is 4.43. The average Bonchev–Trinajstić information content (AvgIpc) is 2.96. The number of amides is 1. The molecule has 3 rings (SSSR count). The van der Waals surface area contributed by atoms with Gasteiger partial charge in [0.05, 0.1) is 18.1 Å². The average molecular weight is 401 g/mol. The van der Waals surface area contributed by atoms with Gasteiger partial charge in [-0.25, -0.2) is 13.2 Å². The zero-order valence-corrected chi connectivity index (χ0v) is 16.6. The molecule has 0 aromatic heterocycles. The van der Waals surface area contributed by atoms with Crippen LogP contribution in [-0.4, -0.2) is 37.6 Å². The Kier molecular flexibility index (Phi) is 6.16. The molecule has 0 N–H and O–H groups in total. The van der Waals surface area contributed by atoms with Crippen LogP contribution in [0.5, 0.6) is 0 Å². The molecule has 1 aliphatic rings. The van der Waals surface area contributed by atoms with Crippen molar-refractivity contribution in [1.29, 1.82) is 0 Å². The fourth-order valence-electron chi connectivity index (χ4n) is 2.92. The van der Waals surface area contributed by atoms with Gasteiger partial charge < -0.3 is 9.47 Å². The molecule has 2 atom stereocenters. The Morgan fingerprint density at radius 1 is 1.11 bits per heavy atom. The highest BCUT2D eigenvalue weighted by Gasteiger charge is 2.45. The van der Waals surface area contributed by atoms with Gasteiger partial charge >= 0.3 is 6.09 Å². The monoisotopic (exact) mass is 401 g/mol. The van der Waals surface area contributed by atoms with Crippen molar-refractivity contribution in [1.82, 2.24) is 4.31 Å². The predicted molar refractivity (Wildman–Crippen MR) is 105 cm³/mol. The second-order valence-electron chi connectivity index (χ2n) is 6.62. The number of benzene rings is 2. The first-order valence-electron chi connectivity index (χ1n) is 8.99. The highest BCUT2D eigenvalue weighted by Crippen LogP contribution is 2.28. The van der Waals surface area contributed by atoms with E-state index in [2.05, 4.69) is 0 Å². The van der Waals surface area contributed by atoms with Gasteiger partial charge in [-0.2, -0.15) is 4.31 Å². The molecule has 2 aromatic carbocycles. The van der Waals surface area contributed by atoms with E-state index in [1.54, 1.807) is 31.2 Å². The van der Waals surface area contributed by atoms with Crippen molar-refractivity contribution in [3.05, 3.63) is 77.9 Å². The Hall–Kier alpha value is -2.64. The number of carbonyl (C=O) groups excluding carboxylic acids is 1. The van der Waals surface area contributed by atoms with Crippen molar-refractivity contribution in [3.63, 3.8) is 0 Å². The summed E-state index contributed by atoms with van der Waals surface area (Å²) in [6.07, 6.45) is 1.90.